The minimum Gasteiger partial charge on any atom is -0.471 e. The summed E-state index contributed by atoms with van der Waals surface area (Å²) in [5.41, 5.74) is 0.305. The molecule has 0 radical (unpaired) electrons. The van der Waals surface area contributed by atoms with Crippen LogP contribution < -0.4 is 4.74 Å². The Morgan fingerprint density at radius 1 is 1.03 bits per heavy atom. The Morgan fingerprint density at radius 3 is 2.19 bits per heavy atom. The first-order chi connectivity index (χ1) is 17.0. The molecule has 0 amide bonds. The zero-order chi connectivity index (χ0) is 25.8. The van der Waals surface area contributed by atoms with Crippen LogP contribution in [0, 0.1) is 5.82 Å². The number of fused-ring (bicyclic) bond motifs is 1. The third-order valence-corrected chi connectivity index (χ3v) is 7.21. The zero-order valence-corrected chi connectivity index (χ0v) is 19.9. The highest BCUT2D eigenvalue weighted by atomic mass is 19.4. The van der Waals surface area contributed by atoms with Crippen LogP contribution in [0.5, 0.6) is 5.88 Å². The fourth-order valence-corrected chi connectivity index (χ4v) is 5.21. The van der Waals surface area contributed by atoms with Gasteiger partial charge in [-0.3, -0.25) is 0 Å². The Morgan fingerprint density at radius 2 is 1.67 bits per heavy atom. The highest BCUT2D eigenvalue weighted by molar-refractivity contribution is 5.76. The summed E-state index contributed by atoms with van der Waals surface area (Å²) in [6, 6.07) is 9.41. The molecule has 2 aliphatic rings. The van der Waals surface area contributed by atoms with Gasteiger partial charge in [-0.25, -0.2) is 13.8 Å². The first kappa shape index (κ1) is 24.7. The molecule has 1 aromatic heterocycles. The average molecular weight is 504 g/mol. The zero-order valence-electron chi connectivity index (χ0n) is 19.9. The highest BCUT2D eigenvalue weighted by Gasteiger charge is 2.47. The molecule has 2 heterocycles. The van der Waals surface area contributed by atoms with Crippen molar-refractivity contribution in [3.8, 4) is 17.0 Å². The second kappa shape index (κ2) is 8.83. The maximum absolute atomic E-state index is 16.4. The Hall–Kier alpha value is -3.00. The van der Waals surface area contributed by atoms with Gasteiger partial charge >= 0.3 is 6.18 Å². The van der Waals surface area contributed by atoms with E-state index in [1.165, 1.54) is 24.3 Å². The first-order valence-electron chi connectivity index (χ1n) is 12.0. The summed E-state index contributed by atoms with van der Waals surface area (Å²) in [6.45, 7) is 3.68. The van der Waals surface area contributed by atoms with E-state index in [4.69, 9.17) is 4.74 Å². The van der Waals surface area contributed by atoms with Crippen LogP contribution in [-0.2, 0) is 6.18 Å². The van der Waals surface area contributed by atoms with Crippen molar-refractivity contribution >= 4 is 0 Å². The molecular weight excluding hydrogens is 477 g/mol. The van der Waals surface area contributed by atoms with Gasteiger partial charge in [-0.2, -0.15) is 13.2 Å². The van der Waals surface area contributed by atoms with Gasteiger partial charge in [-0.1, -0.05) is 38.1 Å². The van der Waals surface area contributed by atoms with Crippen LogP contribution in [0.4, 0.5) is 22.0 Å². The lowest BCUT2D eigenvalue weighted by molar-refractivity contribution is -0.137. The second-order valence-corrected chi connectivity index (χ2v) is 10.0. The van der Waals surface area contributed by atoms with Crippen molar-refractivity contribution in [2.75, 3.05) is 0 Å². The Kier molecular flexibility index (Phi) is 6.06. The van der Waals surface area contributed by atoms with Gasteiger partial charge in [-0.05, 0) is 60.6 Å². The van der Waals surface area contributed by atoms with E-state index < -0.39 is 35.4 Å². The molecule has 2 atom stereocenters. The minimum atomic E-state index is -4.54. The summed E-state index contributed by atoms with van der Waals surface area (Å²) >= 11 is 0. The molecule has 1 N–H and O–H groups in total. The number of benzene rings is 2. The van der Waals surface area contributed by atoms with Gasteiger partial charge in [-0.15, -0.1) is 0 Å². The van der Waals surface area contributed by atoms with Gasteiger partial charge in [0, 0.05) is 17.5 Å². The molecular formula is C28H26F5NO2. The average Bonchev–Trinajstić information content (AvgIpc) is 2.81. The third-order valence-electron chi connectivity index (χ3n) is 7.21. The number of aliphatic hydroxyl groups is 1. The summed E-state index contributed by atoms with van der Waals surface area (Å²) in [5.74, 6) is -0.505. The monoisotopic (exact) mass is 503 g/mol. The van der Waals surface area contributed by atoms with Crippen molar-refractivity contribution in [3.63, 3.8) is 0 Å². The molecule has 1 spiro atoms. The second-order valence-electron chi connectivity index (χ2n) is 10.0. The maximum Gasteiger partial charge on any atom is 0.416 e. The first-order valence-corrected chi connectivity index (χ1v) is 12.0. The standard InChI is InChI=1S/C28H26F5NO2/c1-15(2)25-23(24(30)17-4-8-18(9-5-17)28(31,32)33)21(16-6-10-19(29)11-7-16)22-20(35)14-27(12-3-13-27)36-26(22)34-25/h4-11,15,20,24,35H,3,12-14H2,1-2H3/t20-,24-/m0/s1. The van der Waals surface area contributed by atoms with Crippen LogP contribution in [0.15, 0.2) is 48.5 Å². The number of hydrogen-bond acceptors (Lipinski definition) is 3. The predicted molar refractivity (Wildman–Crippen MR) is 125 cm³/mol. The fraction of sp³-hybridized carbons (Fsp3) is 0.393. The van der Waals surface area contributed by atoms with Crippen LogP contribution in [0.2, 0.25) is 0 Å². The number of hydrogen-bond donors (Lipinski definition) is 1. The van der Waals surface area contributed by atoms with Gasteiger partial charge in [0.25, 0.3) is 0 Å². The van der Waals surface area contributed by atoms with Gasteiger partial charge < -0.3 is 9.84 Å². The largest absolute Gasteiger partial charge is 0.471 e. The van der Waals surface area contributed by atoms with Crippen molar-refractivity contribution in [1.82, 2.24) is 4.98 Å². The number of halogens is 5. The number of aromatic nitrogens is 1. The normalized spacial score (nSPS) is 19.5. The van der Waals surface area contributed by atoms with E-state index >= 15 is 4.39 Å². The summed E-state index contributed by atoms with van der Waals surface area (Å²) in [7, 11) is 0. The quantitative estimate of drug-likeness (QED) is 0.369. The molecule has 1 aliphatic carbocycles. The Bertz CT molecular complexity index is 1270. The number of alkyl halides is 4. The lowest BCUT2D eigenvalue weighted by Gasteiger charge is -2.47. The van der Waals surface area contributed by atoms with Gasteiger partial charge in [0.15, 0.2) is 6.17 Å². The van der Waals surface area contributed by atoms with Crippen molar-refractivity contribution in [3.05, 3.63) is 82.3 Å². The van der Waals surface area contributed by atoms with Crippen molar-refractivity contribution in [2.24, 2.45) is 0 Å². The van der Waals surface area contributed by atoms with Crippen LogP contribution in [0.3, 0.4) is 0 Å². The van der Waals surface area contributed by atoms with Crippen molar-refractivity contribution in [1.29, 1.82) is 0 Å². The molecule has 1 saturated carbocycles. The van der Waals surface area contributed by atoms with E-state index in [0.717, 1.165) is 43.5 Å². The molecule has 0 bridgehead atoms. The summed E-state index contributed by atoms with van der Waals surface area (Å²) < 4.78 is 75.7. The minimum absolute atomic E-state index is 0.0247. The van der Waals surface area contributed by atoms with E-state index in [9.17, 15) is 22.7 Å². The van der Waals surface area contributed by atoms with E-state index in [1.807, 2.05) is 13.8 Å². The Labute approximate surface area is 206 Å². The maximum atomic E-state index is 16.4. The molecule has 190 valence electrons. The topological polar surface area (TPSA) is 42.4 Å². The SMILES string of the molecule is CC(C)c1nc2c(c(-c3ccc(F)cc3)c1[C@@H](F)c1ccc(C(F)(F)F)cc1)[C@@H](O)CC1(CCC1)O2. The molecule has 8 heteroatoms. The number of nitrogens with zero attached hydrogens (tertiary/aromatic N) is 1. The molecule has 3 aromatic rings. The number of aliphatic hydroxyl groups excluding tert-OH is 1. The third kappa shape index (κ3) is 4.25. The van der Waals surface area contributed by atoms with Crippen LogP contribution in [0.25, 0.3) is 11.1 Å². The van der Waals surface area contributed by atoms with Gasteiger partial charge in [0.05, 0.1) is 22.9 Å². The molecule has 1 fully saturated rings. The number of ether oxygens (including phenoxy) is 1. The van der Waals surface area contributed by atoms with E-state index in [-0.39, 0.29) is 22.9 Å². The lowest BCUT2D eigenvalue weighted by atomic mass is 9.72. The molecule has 5 rings (SSSR count). The molecule has 0 saturated heterocycles. The highest BCUT2D eigenvalue weighted by Crippen LogP contribution is 2.53. The van der Waals surface area contributed by atoms with Crippen LogP contribution >= 0.6 is 0 Å². The van der Waals surface area contributed by atoms with E-state index in [0.29, 0.717) is 28.8 Å². The summed E-state index contributed by atoms with van der Waals surface area (Å²) in [6.07, 6.45) is -4.49. The van der Waals surface area contributed by atoms with Gasteiger partial charge in [0.2, 0.25) is 5.88 Å². The molecule has 2 aromatic carbocycles. The lowest BCUT2D eigenvalue weighted by Crippen LogP contribution is -2.47. The number of pyridine rings is 1. The number of rotatable bonds is 4. The molecule has 0 unspecified atom stereocenters. The van der Waals surface area contributed by atoms with Crippen LogP contribution in [0.1, 0.15) is 85.7 Å². The predicted octanol–water partition coefficient (Wildman–Crippen LogP) is 7.83. The van der Waals surface area contributed by atoms with E-state index in [1.54, 1.807) is 0 Å². The molecule has 36 heavy (non-hydrogen) atoms. The summed E-state index contributed by atoms with van der Waals surface area (Å²) in [5, 5.41) is 11.2. The fourth-order valence-electron chi connectivity index (χ4n) is 5.21. The van der Waals surface area contributed by atoms with Gasteiger partial charge in [0.1, 0.15) is 11.4 Å². The molecule has 1 aliphatic heterocycles. The van der Waals surface area contributed by atoms with Crippen molar-refractivity contribution in [2.45, 2.75) is 69.5 Å². The Balaban J connectivity index is 1.74. The van der Waals surface area contributed by atoms with Crippen LogP contribution in [-0.4, -0.2) is 15.7 Å². The molecule has 3 nitrogen and oxygen atoms in total. The van der Waals surface area contributed by atoms with Crippen molar-refractivity contribution < 1.29 is 31.8 Å². The van der Waals surface area contributed by atoms with E-state index in [2.05, 4.69) is 4.98 Å². The summed E-state index contributed by atoms with van der Waals surface area (Å²) in [4.78, 5) is 4.67. The smallest absolute Gasteiger partial charge is 0.416 e.